The van der Waals surface area contributed by atoms with Crippen LogP contribution < -0.4 is 0 Å². The van der Waals surface area contributed by atoms with E-state index in [2.05, 4.69) is 4.74 Å². The molecule has 0 aromatic carbocycles. The second-order valence-electron chi connectivity index (χ2n) is 4.17. The standard InChI is InChI=1S/C11H15F3O4/c1-4-16-9(15)8(11(12,13)14)5-7-6-17-10(2,3)18-7/h5,7H,4,6H2,1-3H3/b8-5-/t7-/m0/s1. The number of carbonyl (C=O) groups is 1. The van der Waals surface area contributed by atoms with Crippen molar-refractivity contribution in [2.24, 2.45) is 0 Å². The summed E-state index contributed by atoms with van der Waals surface area (Å²) in [5.74, 6) is -2.36. The first-order valence-electron chi connectivity index (χ1n) is 5.43. The fourth-order valence-electron chi connectivity index (χ4n) is 1.47. The number of ether oxygens (including phenoxy) is 3. The Hall–Kier alpha value is -1.08. The van der Waals surface area contributed by atoms with Gasteiger partial charge in [-0.3, -0.25) is 0 Å². The number of alkyl halides is 3. The summed E-state index contributed by atoms with van der Waals surface area (Å²) in [6.45, 7) is 4.44. The Morgan fingerprint density at radius 2 is 2.11 bits per heavy atom. The lowest BCUT2D eigenvalue weighted by Gasteiger charge is -2.16. The smallest absolute Gasteiger partial charge is 0.423 e. The number of carbonyl (C=O) groups excluding carboxylic acids is 1. The average molecular weight is 268 g/mol. The van der Waals surface area contributed by atoms with Gasteiger partial charge < -0.3 is 14.2 Å². The van der Waals surface area contributed by atoms with Crippen molar-refractivity contribution in [3.8, 4) is 0 Å². The van der Waals surface area contributed by atoms with Crippen molar-refractivity contribution in [3.63, 3.8) is 0 Å². The summed E-state index contributed by atoms with van der Waals surface area (Å²) in [5.41, 5.74) is -1.37. The molecule has 0 aliphatic carbocycles. The zero-order valence-electron chi connectivity index (χ0n) is 10.3. The van der Waals surface area contributed by atoms with Crippen LogP contribution in [0.5, 0.6) is 0 Å². The molecule has 1 fully saturated rings. The normalized spacial score (nSPS) is 24.1. The van der Waals surface area contributed by atoms with Crippen molar-refractivity contribution in [3.05, 3.63) is 11.6 Å². The van der Waals surface area contributed by atoms with Gasteiger partial charge in [0.25, 0.3) is 0 Å². The molecule has 1 saturated heterocycles. The molecular weight excluding hydrogens is 253 g/mol. The number of esters is 1. The molecule has 0 N–H and O–H groups in total. The van der Waals surface area contributed by atoms with E-state index in [0.717, 1.165) is 0 Å². The summed E-state index contributed by atoms with van der Waals surface area (Å²) in [6.07, 6.45) is -4.99. The van der Waals surface area contributed by atoms with Crippen molar-refractivity contribution in [1.82, 2.24) is 0 Å². The molecule has 0 aromatic heterocycles. The summed E-state index contributed by atoms with van der Waals surface area (Å²) >= 11 is 0. The first-order chi connectivity index (χ1) is 8.15. The molecule has 1 rings (SSSR count). The predicted octanol–water partition coefficient (Wildman–Crippen LogP) is 2.19. The molecule has 0 unspecified atom stereocenters. The molecule has 1 heterocycles. The Morgan fingerprint density at radius 1 is 1.50 bits per heavy atom. The van der Waals surface area contributed by atoms with Gasteiger partial charge in [-0.15, -0.1) is 0 Å². The maximum Gasteiger partial charge on any atom is 0.423 e. The van der Waals surface area contributed by atoms with E-state index < -0.39 is 29.6 Å². The lowest BCUT2D eigenvalue weighted by atomic mass is 10.2. The van der Waals surface area contributed by atoms with Crippen molar-refractivity contribution in [2.75, 3.05) is 13.2 Å². The van der Waals surface area contributed by atoms with Gasteiger partial charge in [-0.25, -0.2) is 4.79 Å². The van der Waals surface area contributed by atoms with Crippen LogP contribution in [0.1, 0.15) is 20.8 Å². The minimum Gasteiger partial charge on any atom is -0.462 e. The van der Waals surface area contributed by atoms with Crippen LogP contribution in [0.4, 0.5) is 13.2 Å². The number of halogens is 3. The van der Waals surface area contributed by atoms with Crippen LogP contribution in [-0.2, 0) is 19.0 Å². The Bertz CT molecular complexity index is 347. The van der Waals surface area contributed by atoms with Crippen LogP contribution in [0.25, 0.3) is 0 Å². The van der Waals surface area contributed by atoms with Gasteiger partial charge in [0.2, 0.25) is 0 Å². The largest absolute Gasteiger partial charge is 0.462 e. The molecule has 0 radical (unpaired) electrons. The highest BCUT2D eigenvalue weighted by Gasteiger charge is 2.42. The molecule has 0 saturated carbocycles. The van der Waals surface area contributed by atoms with Crippen LogP contribution in [0.3, 0.4) is 0 Å². The quantitative estimate of drug-likeness (QED) is 0.581. The fourth-order valence-corrected chi connectivity index (χ4v) is 1.47. The Morgan fingerprint density at radius 3 is 2.50 bits per heavy atom. The van der Waals surface area contributed by atoms with E-state index in [4.69, 9.17) is 9.47 Å². The minimum absolute atomic E-state index is 0.0357. The second kappa shape index (κ2) is 5.27. The van der Waals surface area contributed by atoms with Crippen molar-refractivity contribution < 1.29 is 32.2 Å². The van der Waals surface area contributed by atoms with Crippen LogP contribution in [0.15, 0.2) is 11.6 Å². The van der Waals surface area contributed by atoms with E-state index in [0.29, 0.717) is 6.08 Å². The lowest BCUT2D eigenvalue weighted by molar-refractivity contribution is -0.151. The van der Waals surface area contributed by atoms with Crippen LogP contribution in [0.2, 0.25) is 0 Å². The molecule has 0 aromatic rings. The number of hydrogen-bond donors (Lipinski definition) is 0. The Balaban J connectivity index is 2.87. The molecule has 1 aliphatic heterocycles. The maximum absolute atomic E-state index is 12.7. The van der Waals surface area contributed by atoms with Crippen LogP contribution in [0, 0.1) is 0 Å². The first kappa shape index (κ1) is 15.0. The summed E-state index contributed by atoms with van der Waals surface area (Å²) in [5, 5.41) is 0. The second-order valence-corrected chi connectivity index (χ2v) is 4.17. The highest BCUT2D eigenvalue weighted by molar-refractivity contribution is 5.90. The molecule has 0 spiro atoms. The number of hydrogen-bond acceptors (Lipinski definition) is 4. The molecule has 18 heavy (non-hydrogen) atoms. The summed E-state index contributed by atoms with van der Waals surface area (Å²) in [4.78, 5) is 11.2. The molecule has 104 valence electrons. The van der Waals surface area contributed by atoms with E-state index in [1.807, 2.05) is 0 Å². The maximum atomic E-state index is 12.7. The molecular formula is C11H15F3O4. The monoisotopic (exact) mass is 268 g/mol. The zero-order chi connectivity index (χ0) is 14.0. The van der Waals surface area contributed by atoms with Crippen molar-refractivity contribution >= 4 is 5.97 Å². The molecule has 1 atom stereocenters. The van der Waals surface area contributed by atoms with E-state index >= 15 is 0 Å². The van der Waals surface area contributed by atoms with Gasteiger partial charge in [0.1, 0.15) is 11.7 Å². The van der Waals surface area contributed by atoms with Gasteiger partial charge in [0.05, 0.1) is 13.2 Å². The van der Waals surface area contributed by atoms with Crippen molar-refractivity contribution in [1.29, 1.82) is 0 Å². The molecule has 1 aliphatic rings. The minimum atomic E-state index is -4.78. The van der Waals surface area contributed by atoms with Crippen LogP contribution >= 0.6 is 0 Å². The zero-order valence-corrected chi connectivity index (χ0v) is 10.3. The fraction of sp³-hybridized carbons (Fsp3) is 0.727. The lowest BCUT2D eigenvalue weighted by Crippen LogP contribution is -2.25. The van der Waals surface area contributed by atoms with E-state index in [1.54, 1.807) is 13.8 Å². The molecule has 7 heteroatoms. The Labute approximate surface area is 103 Å². The van der Waals surface area contributed by atoms with E-state index in [-0.39, 0.29) is 13.2 Å². The van der Waals surface area contributed by atoms with Gasteiger partial charge in [0, 0.05) is 0 Å². The third kappa shape index (κ3) is 3.99. The highest BCUT2D eigenvalue weighted by atomic mass is 19.4. The van der Waals surface area contributed by atoms with Crippen molar-refractivity contribution in [2.45, 2.75) is 38.8 Å². The Kier molecular flexibility index (Phi) is 4.39. The average Bonchev–Trinajstić information content (AvgIpc) is 2.53. The number of rotatable bonds is 3. The van der Waals surface area contributed by atoms with Gasteiger partial charge in [0.15, 0.2) is 5.79 Å². The molecule has 4 nitrogen and oxygen atoms in total. The third-order valence-corrected chi connectivity index (χ3v) is 2.18. The van der Waals surface area contributed by atoms with Gasteiger partial charge in [-0.05, 0) is 26.8 Å². The van der Waals surface area contributed by atoms with Gasteiger partial charge in [-0.1, -0.05) is 0 Å². The predicted molar refractivity (Wildman–Crippen MR) is 55.7 cm³/mol. The summed E-state index contributed by atoms with van der Waals surface area (Å²) in [6, 6.07) is 0. The molecule has 0 amide bonds. The van der Waals surface area contributed by atoms with Gasteiger partial charge in [-0.2, -0.15) is 13.2 Å². The van der Waals surface area contributed by atoms with Gasteiger partial charge >= 0.3 is 12.1 Å². The topological polar surface area (TPSA) is 44.8 Å². The highest BCUT2D eigenvalue weighted by Crippen LogP contribution is 2.30. The van der Waals surface area contributed by atoms with Crippen LogP contribution in [-0.4, -0.2) is 37.3 Å². The third-order valence-electron chi connectivity index (χ3n) is 2.18. The molecule has 0 bridgehead atoms. The van der Waals surface area contributed by atoms with E-state index in [9.17, 15) is 18.0 Å². The summed E-state index contributed by atoms with van der Waals surface area (Å²) < 4.78 is 52.7. The first-order valence-corrected chi connectivity index (χ1v) is 5.43. The summed E-state index contributed by atoms with van der Waals surface area (Å²) in [7, 11) is 0. The SMILES string of the molecule is CCOC(=O)/C(=C/[C@H]1COC(C)(C)O1)C(F)(F)F. The van der Waals surface area contributed by atoms with E-state index in [1.165, 1.54) is 6.92 Å².